The van der Waals surface area contributed by atoms with Gasteiger partial charge in [0.1, 0.15) is 0 Å². The van der Waals surface area contributed by atoms with Gasteiger partial charge in [-0.25, -0.2) is 0 Å². The van der Waals surface area contributed by atoms with Crippen molar-refractivity contribution in [3.8, 4) is 11.5 Å². The van der Waals surface area contributed by atoms with Crippen LogP contribution in [0.25, 0.3) is 0 Å². The molecule has 4 nitrogen and oxygen atoms in total. The monoisotopic (exact) mass is 369 g/mol. The second-order valence-corrected chi connectivity index (χ2v) is 7.30. The largest absolute Gasteiger partial charge is 0.493 e. The number of nitrogens with one attached hydrogen (secondary N) is 1. The number of rotatable bonds is 9. The van der Waals surface area contributed by atoms with Gasteiger partial charge in [0.05, 0.1) is 14.2 Å². The van der Waals surface area contributed by atoms with E-state index in [4.69, 9.17) is 9.47 Å². The summed E-state index contributed by atoms with van der Waals surface area (Å²) in [5.41, 5.74) is 4.96. The first-order chi connectivity index (χ1) is 12.9. The number of aryl methyl sites for hydroxylation is 2. The van der Waals surface area contributed by atoms with Gasteiger partial charge in [0.15, 0.2) is 11.5 Å². The summed E-state index contributed by atoms with van der Waals surface area (Å²) in [4.78, 5) is 12.2. The molecule has 0 unspecified atom stereocenters. The highest BCUT2D eigenvalue weighted by Crippen LogP contribution is 2.27. The topological polar surface area (TPSA) is 47.6 Å². The van der Waals surface area contributed by atoms with Crippen LogP contribution < -0.4 is 14.8 Å². The molecule has 1 amide bonds. The van der Waals surface area contributed by atoms with Crippen LogP contribution in [0, 0.1) is 19.8 Å². The summed E-state index contributed by atoms with van der Waals surface area (Å²) in [6.45, 7) is 6.97. The number of carbonyl (C=O) groups excluding carboxylic acids is 1. The minimum atomic E-state index is 0.104. The van der Waals surface area contributed by atoms with Crippen molar-refractivity contribution < 1.29 is 14.3 Å². The Kier molecular flexibility index (Phi) is 7.71. The van der Waals surface area contributed by atoms with Gasteiger partial charge in [-0.15, -0.1) is 0 Å². The maximum atomic E-state index is 12.2. The van der Waals surface area contributed by atoms with Crippen LogP contribution in [0.4, 0.5) is 0 Å². The highest BCUT2D eigenvalue weighted by molar-refractivity contribution is 5.76. The van der Waals surface area contributed by atoms with E-state index in [0.29, 0.717) is 30.4 Å². The standard InChI is InChI=1S/C23H31NO3/c1-16-10-17(2)12-20(11-16)13-18(3)14-23(25)24-9-8-19-6-7-21(26-4)22(15-19)27-5/h6-7,10-12,15,18H,8-9,13-14H2,1-5H3,(H,24,25)/t18-/m0/s1. The Morgan fingerprint density at radius 1 is 0.963 bits per heavy atom. The van der Waals surface area contributed by atoms with E-state index in [1.165, 1.54) is 16.7 Å². The summed E-state index contributed by atoms with van der Waals surface area (Å²) in [5, 5.41) is 3.03. The highest BCUT2D eigenvalue weighted by Gasteiger charge is 2.11. The lowest BCUT2D eigenvalue weighted by atomic mass is 9.95. The number of amides is 1. The summed E-state index contributed by atoms with van der Waals surface area (Å²) >= 11 is 0. The summed E-state index contributed by atoms with van der Waals surface area (Å²) in [7, 11) is 3.25. The zero-order valence-corrected chi connectivity index (χ0v) is 17.1. The predicted octanol–water partition coefficient (Wildman–Crippen LogP) is 4.25. The summed E-state index contributed by atoms with van der Waals surface area (Å²) in [5.74, 6) is 1.84. The van der Waals surface area contributed by atoms with Gasteiger partial charge >= 0.3 is 0 Å². The van der Waals surface area contributed by atoms with Crippen LogP contribution in [-0.4, -0.2) is 26.7 Å². The minimum Gasteiger partial charge on any atom is -0.493 e. The normalized spacial score (nSPS) is 11.7. The molecule has 0 aromatic heterocycles. The van der Waals surface area contributed by atoms with Crippen molar-refractivity contribution in [3.63, 3.8) is 0 Å². The lowest BCUT2D eigenvalue weighted by molar-refractivity contribution is -0.121. The number of methoxy groups -OCH3 is 2. The smallest absolute Gasteiger partial charge is 0.220 e. The fourth-order valence-electron chi connectivity index (χ4n) is 3.43. The first-order valence-electron chi connectivity index (χ1n) is 9.46. The van der Waals surface area contributed by atoms with Crippen molar-refractivity contribution in [1.82, 2.24) is 5.32 Å². The molecule has 0 aliphatic carbocycles. The molecule has 0 bridgehead atoms. The Morgan fingerprint density at radius 3 is 2.26 bits per heavy atom. The Hall–Kier alpha value is -2.49. The van der Waals surface area contributed by atoms with E-state index in [0.717, 1.165) is 18.4 Å². The molecule has 1 atom stereocenters. The molecule has 0 aliphatic heterocycles. The molecule has 0 saturated carbocycles. The summed E-state index contributed by atoms with van der Waals surface area (Å²) in [6.07, 6.45) is 2.22. The Morgan fingerprint density at radius 2 is 1.63 bits per heavy atom. The lowest BCUT2D eigenvalue weighted by Crippen LogP contribution is -2.27. The van der Waals surface area contributed by atoms with Crippen molar-refractivity contribution in [2.24, 2.45) is 5.92 Å². The van der Waals surface area contributed by atoms with E-state index in [-0.39, 0.29) is 5.91 Å². The van der Waals surface area contributed by atoms with Crippen molar-refractivity contribution in [3.05, 3.63) is 58.7 Å². The average Bonchev–Trinajstić information content (AvgIpc) is 2.60. The van der Waals surface area contributed by atoms with E-state index in [9.17, 15) is 4.79 Å². The fraction of sp³-hybridized carbons (Fsp3) is 0.435. The molecule has 4 heteroatoms. The summed E-state index contributed by atoms with van der Waals surface area (Å²) in [6, 6.07) is 12.4. The Bertz CT molecular complexity index is 750. The van der Waals surface area contributed by atoms with Crippen LogP contribution in [0.3, 0.4) is 0 Å². The zero-order valence-electron chi connectivity index (χ0n) is 17.1. The average molecular weight is 370 g/mol. The molecule has 2 aromatic carbocycles. The molecule has 2 rings (SSSR count). The van der Waals surface area contributed by atoms with Crippen LogP contribution in [0.15, 0.2) is 36.4 Å². The number of hydrogen-bond donors (Lipinski definition) is 1. The van der Waals surface area contributed by atoms with Crippen molar-refractivity contribution >= 4 is 5.91 Å². The Balaban J connectivity index is 1.78. The zero-order chi connectivity index (χ0) is 19.8. The van der Waals surface area contributed by atoms with E-state index in [1.54, 1.807) is 14.2 Å². The van der Waals surface area contributed by atoms with Crippen LogP contribution in [0.5, 0.6) is 11.5 Å². The van der Waals surface area contributed by atoms with E-state index in [2.05, 4.69) is 44.3 Å². The molecule has 0 fully saturated rings. The van der Waals surface area contributed by atoms with Crippen molar-refractivity contribution in [1.29, 1.82) is 0 Å². The molecule has 27 heavy (non-hydrogen) atoms. The molecule has 0 saturated heterocycles. The maximum Gasteiger partial charge on any atom is 0.220 e. The number of benzene rings is 2. The van der Waals surface area contributed by atoms with Crippen molar-refractivity contribution in [2.45, 2.75) is 40.0 Å². The van der Waals surface area contributed by atoms with Gasteiger partial charge in [0.2, 0.25) is 5.91 Å². The van der Waals surface area contributed by atoms with Gasteiger partial charge in [0.25, 0.3) is 0 Å². The van der Waals surface area contributed by atoms with E-state index >= 15 is 0 Å². The predicted molar refractivity (Wildman–Crippen MR) is 110 cm³/mol. The molecular formula is C23H31NO3. The first kappa shape index (κ1) is 20.8. The van der Waals surface area contributed by atoms with Crippen LogP contribution in [-0.2, 0) is 17.6 Å². The molecule has 146 valence electrons. The second-order valence-electron chi connectivity index (χ2n) is 7.30. The highest BCUT2D eigenvalue weighted by atomic mass is 16.5. The summed E-state index contributed by atoms with van der Waals surface area (Å²) < 4.78 is 10.6. The fourth-order valence-corrected chi connectivity index (χ4v) is 3.43. The van der Waals surface area contributed by atoms with Gasteiger partial charge in [-0.3, -0.25) is 4.79 Å². The third kappa shape index (κ3) is 6.63. The maximum absolute atomic E-state index is 12.2. The number of ether oxygens (including phenoxy) is 2. The van der Waals surface area contributed by atoms with Crippen LogP contribution >= 0.6 is 0 Å². The van der Waals surface area contributed by atoms with Crippen LogP contribution in [0.2, 0.25) is 0 Å². The first-order valence-corrected chi connectivity index (χ1v) is 9.46. The molecule has 1 N–H and O–H groups in total. The molecule has 0 heterocycles. The lowest BCUT2D eigenvalue weighted by Gasteiger charge is -2.13. The molecule has 0 radical (unpaired) electrons. The van der Waals surface area contributed by atoms with E-state index in [1.807, 2.05) is 18.2 Å². The molecule has 2 aromatic rings. The van der Waals surface area contributed by atoms with Gasteiger partial charge in [0, 0.05) is 13.0 Å². The van der Waals surface area contributed by atoms with Gasteiger partial charge in [-0.1, -0.05) is 42.3 Å². The molecule has 0 aliphatic rings. The molecule has 0 spiro atoms. The third-order valence-electron chi connectivity index (χ3n) is 4.58. The third-order valence-corrected chi connectivity index (χ3v) is 4.58. The second kappa shape index (κ2) is 10.0. The number of carbonyl (C=O) groups is 1. The van der Waals surface area contributed by atoms with Crippen molar-refractivity contribution in [2.75, 3.05) is 20.8 Å². The minimum absolute atomic E-state index is 0.104. The quantitative estimate of drug-likeness (QED) is 0.719. The van der Waals surface area contributed by atoms with Gasteiger partial charge in [-0.05, 0) is 55.9 Å². The van der Waals surface area contributed by atoms with E-state index < -0.39 is 0 Å². The SMILES string of the molecule is COc1ccc(CCNC(=O)C[C@@H](C)Cc2cc(C)cc(C)c2)cc1OC. The Labute approximate surface area is 162 Å². The van der Waals surface area contributed by atoms with Gasteiger partial charge in [-0.2, -0.15) is 0 Å². The molecular weight excluding hydrogens is 338 g/mol. The van der Waals surface area contributed by atoms with Crippen LogP contribution in [0.1, 0.15) is 35.6 Å². The number of hydrogen-bond acceptors (Lipinski definition) is 3. The van der Waals surface area contributed by atoms with Gasteiger partial charge < -0.3 is 14.8 Å².